The number of nitrogens with one attached hydrogen (secondary N) is 3. The highest BCUT2D eigenvalue weighted by molar-refractivity contribution is 7.80. The SMILES string of the molecule is CCCCC[C@H](C)CNC(=S)NNC(=O)C1CCN(C(=O)c2cccs2)CC1. The molecule has 1 fully saturated rings. The summed E-state index contributed by atoms with van der Waals surface area (Å²) in [5.41, 5.74) is 5.51. The van der Waals surface area contributed by atoms with Gasteiger partial charge in [-0.25, -0.2) is 0 Å². The van der Waals surface area contributed by atoms with Gasteiger partial charge in [-0.05, 0) is 48.8 Å². The fourth-order valence-corrected chi connectivity index (χ4v) is 4.10. The first kappa shape index (κ1) is 22.6. The topological polar surface area (TPSA) is 73.5 Å². The Labute approximate surface area is 177 Å². The number of hydrogen-bond donors (Lipinski definition) is 3. The van der Waals surface area contributed by atoms with Gasteiger partial charge in [0.25, 0.3) is 5.91 Å². The van der Waals surface area contributed by atoms with Crippen molar-refractivity contribution in [1.82, 2.24) is 21.1 Å². The van der Waals surface area contributed by atoms with Gasteiger partial charge in [-0.3, -0.25) is 20.4 Å². The van der Waals surface area contributed by atoms with E-state index in [0.717, 1.165) is 11.4 Å². The molecular formula is C20H32N4O2S2. The summed E-state index contributed by atoms with van der Waals surface area (Å²) in [5, 5.41) is 5.51. The second-order valence-corrected chi connectivity index (χ2v) is 8.82. The number of hydrogen-bond acceptors (Lipinski definition) is 4. The molecule has 8 heteroatoms. The molecule has 6 nitrogen and oxygen atoms in total. The summed E-state index contributed by atoms with van der Waals surface area (Å²) >= 11 is 6.69. The van der Waals surface area contributed by atoms with Crippen molar-refractivity contribution in [1.29, 1.82) is 0 Å². The second kappa shape index (κ2) is 12.0. The normalized spacial score (nSPS) is 15.7. The Morgan fingerprint density at radius 2 is 2.04 bits per heavy atom. The van der Waals surface area contributed by atoms with Crippen LogP contribution in [0.2, 0.25) is 0 Å². The van der Waals surface area contributed by atoms with Crippen LogP contribution in [0.1, 0.15) is 62.0 Å². The molecule has 0 aromatic carbocycles. The van der Waals surface area contributed by atoms with E-state index in [1.54, 1.807) is 0 Å². The van der Waals surface area contributed by atoms with Crippen LogP contribution in [0.25, 0.3) is 0 Å². The van der Waals surface area contributed by atoms with Crippen molar-refractivity contribution >= 4 is 40.5 Å². The first-order valence-electron chi connectivity index (χ1n) is 10.2. The maximum absolute atomic E-state index is 12.4. The predicted molar refractivity (Wildman–Crippen MR) is 118 cm³/mol. The molecule has 0 bridgehead atoms. The summed E-state index contributed by atoms with van der Waals surface area (Å²) < 4.78 is 0. The van der Waals surface area contributed by atoms with Gasteiger partial charge in [0.2, 0.25) is 5.91 Å². The Balaban J connectivity index is 1.62. The molecule has 2 amide bonds. The molecule has 2 heterocycles. The van der Waals surface area contributed by atoms with Gasteiger partial charge in [-0.15, -0.1) is 11.3 Å². The van der Waals surface area contributed by atoms with E-state index in [1.807, 2.05) is 22.4 Å². The minimum atomic E-state index is -0.101. The number of thiophene rings is 1. The van der Waals surface area contributed by atoms with E-state index in [0.29, 0.717) is 37.0 Å². The minimum absolute atomic E-state index is 0.0606. The Morgan fingerprint density at radius 3 is 2.68 bits per heavy atom. The van der Waals surface area contributed by atoms with Gasteiger partial charge < -0.3 is 10.2 Å². The van der Waals surface area contributed by atoms with E-state index in [-0.39, 0.29) is 17.7 Å². The molecule has 1 aliphatic heterocycles. The summed E-state index contributed by atoms with van der Waals surface area (Å²) in [6.07, 6.45) is 6.25. The fraction of sp³-hybridized carbons (Fsp3) is 0.650. The second-order valence-electron chi connectivity index (χ2n) is 7.47. The highest BCUT2D eigenvalue weighted by Crippen LogP contribution is 2.20. The molecule has 1 aromatic rings. The number of carbonyl (C=O) groups excluding carboxylic acids is 2. The number of likely N-dealkylation sites (tertiary alicyclic amines) is 1. The number of thiocarbonyl (C=S) groups is 1. The number of hydrazine groups is 1. The zero-order valence-electron chi connectivity index (χ0n) is 16.8. The van der Waals surface area contributed by atoms with E-state index >= 15 is 0 Å². The van der Waals surface area contributed by atoms with Crippen LogP contribution in [-0.2, 0) is 4.79 Å². The minimum Gasteiger partial charge on any atom is -0.361 e. The quantitative estimate of drug-likeness (QED) is 0.339. The molecular weight excluding hydrogens is 392 g/mol. The van der Waals surface area contributed by atoms with Gasteiger partial charge in [0.15, 0.2) is 5.11 Å². The first-order valence-corrected chi connectivity index (χ1v) is 11.5. The summed E-state index contributed by atoms with van der Waals surface area (Å²) in [5.74, 6) is 0.441. The molecule has 2 rings (SSSR count). The van der Waals surface area contributed by atoms with Crippen molar-refractivity contribution in [2.24, 2.45) is 11.8 Å². The number of nitrogens with zero attached hydrogens (tertiary/aromatic N) is 1. The summed E-state index contributed by atoms with van der Waals surface area (Å²) in [6, 6.07) is 3.72. The lowest BCUT2D eigenvalue weighted by atomic mass is 9.96. The predicted octanol–water partition coefficient (Wildman–Crippen LogP) is 3.31. The lowest BCUT2D eigenvalue weighted by Gasteiger charge is -2.31. The molecule has 0 spiro atoms. The van der Waals surface area contributed by atoms with Gasteiger partial charge in [0.1, 0.15) is 0 Å². The highest BCUT2D eigenvalue weighted by Gasteiger charge is 2.28. The molecule has 0 saturated carbocycles. The average molecular weight is 425 g/mol. The van der Waals surface area contributed by atoms with E-state index in [1.165, 1.54) is 37.0 Å². The molecule has 0 aliphatic carbocycles. The lowest BCUT2D eigenvalue weighted by Crippen LogP contribution is -2.51. The molecule has 156 valence electrons. The van der Waals surface area contributed by atoms with Crippen molar-refractivity contribution in [3.05, 3.63) is 22.4 Å². The third kappa shape index (κ3) is 7.39. The Kier molecular flexibility index (Phi) is 9.70. The first-order chi connectivity index (χ1) is 13.5. The van der Waals surface area contributed by atoms with Crippen molar-refractivity contribution in [3.8, 4) is 0 Å². The zero-order chi connectivity index (χ0) is 20.4. The lowest BCUT2D eigenvalue weighted by molar-refractivity contribution is -0.126. The smallest absolute Gasteiger partial charge is 0.263 e. The van der Waals surface area contributed by atoms with E-state index < -0.39 is 0 Å². The van der Waals surface area contributed by atoms with Crippen LogP contribution >= 0.6 is 23.6 Å². The molecule has 1 aliphatic rings. The van der Waals surface area contributed by atoms with E-state index in [4.69, 9.17) is 12.2 Å². The number of unbranched alkanes of at least 4 members (excludes halogenated alkanes) is 2. The van der Waals surface area contributed by atoms with Crippen LogP contribution in [0.3, 0.4) is 0 Å². The van der Waals surface area contributed by atoms with Gasteiger partial charge >= 0.3 is 0 Å². The largest absolute Gasteiger partial charge is 0.361 e. The molecule has 0 unspecified atom stereocenters. The molecule has 28 heavy (non-hydrogen) atoms. The summed E-state index contributed by atoms with van der Waals surface area (Å²) in [4.78, 5) is 27.3. The average Bonchev–Trinajstić information content (AvgIpc) is 3.25. The Hall–Kier alpha value is -1.67. The maximum Gasteiger partial charge on any atom is 0.263 e. The van der Waals surface area contributed by atoms with Crippen molar-refractivity contribution in [3.63, 3.8) is 0 Å². The van der Waals surface area contributed by atoms with Gasteiger partial charge in [0, 0.05) is 25.6 Å². The number of piperidine rings is 1. The number of carbonyl (C=O) groups is 2. The Morgan fingerprint density at radius 1 is 1.29 bits per heavy atom. The number of amides is 2. The van der Waals surface area contributed by atoms with Crippen molar-refractivity contribution in [2.75, 3.05) is 19.6 Å². The molecule has 1 aromatic heterocycles. The van der Waals surface area contributed by atoms with Crippen LogP contribution < -0.4 is 16.2 Å². The standard InChI is InChI=1S/C20H32N4O2S2/c1-3-4-5-7-15(2)14-21-20(27)23-22-18(25)16-9-11-24(12-10-16)19(26)17-8-6-13-28-17/h6,8,13,15-16H,3-5,7,9-12,14H2,1-2H3,(H,22,25)(H2,21,23,27)/t15-/m0/s1. The molecule has 1 saturated heterocycles. The highest BCUT2D eigenvalue weighted by atomic mass is 32.1. The maximum atomic E-state index is 12.4. The summed E-state index contributed by atoms with van der Waals surface area (Å²) in [6.45, 7) is 6.42. The zero-order valence-corrected chi connectivity index (χ0v) is 18.5. The van der Waals surface area contributed by atoms with Gasteiger partial charge in [0.05, 0.1) is 4.88 Å². The van der Waals surface area contributed by atoms with Gasteiger partial charge in [-0.1, -0.05) is 39.2 Å². The fourth-order valence-electron chi connectivity index (χ4n) is 3.28. The molecule has 0 radical (unpaired) electrons. The monoisotopic (exact) mass is 424 g/mol. The third-order valence-corrected chi connectivity index (χ3v) is 6.20. The van der Waals surface area contributed by atoms with E-state index in [9.17, 15) is 9.59 Å². The number of rotatable bonds is 8. The van der Waals surface area contributed by atoms with Crippen LogP contribution in [0.5, 0.6) is 0 Å². The van der Waals surface area contributed by atoms with E-state index in [2.05, 4.69) is 30.0 Å². The van der Waals surface area contributed by atoms with Crippen LogP contribution in [-0.4, -0.2) is 41.5 Å². The summed E-state index contributed by atoms with van der Waals surface area (Å²) in [7, 11) is 0. The van der Waals surface area contributed by atoms with Crippen LogP contribution in [0.4, 0.5) is 0 Å². The van der Waals surface area contributed by atoms with Crippen molar-refractivity contribution < 1.29 is 9.59 Å². The van der Waals surface area contributed by atoms with Crippen LogP contribution in [0.15, 0.2) is 17.5 Å². The molecule has 1 atom stereocenters. The van der Waals surface area contributed by atoms with Crippen molar-refractivity contribution in [2.45, 2.75) is 52.4 Å². The third-order valence-electron chi connectivity index (χ3n) is 5.10. The van der Waals surface area contributed by atoms with Crippen LogP contribution in [0, 0.1) is 11.8 Å². The molecule has 3 N–H and O–H groups in total. The van der Waals surface area contributed by atoms with Gasteiger partial charge in [-0.2, -0.15) is 0 Å². The Bertz CT molecular complexity index is 628.